The van der Waals surface area contributed by atoms with Crippen LogP contribution in [0.15, 0.2) is 29.1 Å². The molecule has 2 heterocycles. The zero-order chi connectivity index (χ0) is 18.0. The van der Waals surface area contributed by atoms with Crippen LogP contribution in [-0.2, 0) is 0 Å². The first-order valence-electron chi connectivity index (χ1n) is 8.68. The van der Waals surface area contributed by atoms with Gasteiger partial charge in [-0.2, -0.15) is 4.98 Å². The van der Waals surface area contributed by atoms with E-state index in [9.17, 15) is 9.59 Å². The topological polar surface area (TPSA) is 69.3 Å². The molecule has 1 amide bonds. The highest BCUT2D eigenvalue weighted by atomic mass is 16.2. The third kappa shape index (κ3) is 3.79. The Hall–Kier alpha value is -2.47. The van der Waals surface area contributed by atoms with Crippen LogP contribution in [0.2, 0.25) is 0 Å². The molecular formula is C19H24N4O2. The van der Waals surface area contributed by atoms with Gasteiger partial charge in [-0.15, -0.1) is 0 Å². The van der Waals surface area contributed by atoms with Gasteiger partial charge >= 0.3 is 5.69 Å². The Morgan fingerprint density at radius 1 is 1.12 bits per heavy atom. The van der Waals surface area contributed by atoms with E-state index in [1.165, 1.54) is 5.56 Å². The third-order valence-electron chi connectivity index (χ3n) is 4.88. The predicted molar refractivity (Wildman–Crippen MR) is 97.8 cm³/mol. The average molecular weight is 340 g/mol. The molecule has 1 aliphatic rings. The quantitative estimate of drug-likeness (QED) is 0.925. The van der Waals surface area contributed by atoms with Crippen LogP contribution in [0, 0.1) is 13.8 Å². The van der Waals surface area contributed by atoms with Gasteiger partial charge in [0.1, 0.15) is 5.69 Å². The lowest BCUT2D eigenvalue weighted by Gasteiger charge is -2.33. The standard InChI is InChI=1S/C19H24N4O2/c1-4-22-7-9-23(10-8-22)18(24)17-12-16(20-19(25)21-17)15-6-5-13(2)14(3)11-15/h5-6,11-12H,4,7-10H2,1-3H3,(H,20,21,25). The van der Waals surface area contributed by atoms with Gasteiger partial charge in [0.05, 0.1) is 5.69 Å². The number of nitrogens with one attached hydrogen (secondary N) is 1. The molecule has 6 nitrogen and oxygen atoms in total. The van der Waals surface area contributed by atoms with Crippen molar-refractivity contribution in [3.63, 3.8) is 0 Å². The number of carbonyl (C=O) groups excluding carboxylic acids is 1. The van der Waals surface area contributed by atoms with Crippen LogP contribution < -0.4 is 5.69 Å². The highest BCUT2D eigenvalue weighted by molar-refractivity contribution is 5.93. The van der Waals surface area contributed by atoms with E-state index in [1.54, 1.807) is 11.0 Å². The van der Waals surface area contributed by atoms with Crippen LogP contribution in [0.3, 0.4) is 0 Å². The third-order valence-corrected chi connectivity index (χ3v) is 4.88. The van der Waals surface area contributed by atoms with Gasteiger partial charge in [0, 0.05) is 31.7 Å². The van der Waals surface area contributed by atoms with Crippen molar-refractivity contribution >= 4 is 5.91 Å². The number of H-pyrrole nitrogens is 1. The lowest BCUT2D eigenvalue weighted by molar-refractivity contribution is 0.0637. The molecule has 0 bridgehead atoms. The summed E-state index contributed by atoms with van der Waals surface area (Å²) in [5, 5.41) is 0. The smallest absolute Gasteiger partial charge is 0.335 e. The number of carbonyl (C=O) groups is 1. The molecular weight excluding hydrogens is 316 g/mol. The van der Waals surface area contributed by atoms with E-state index in [2.05, 4.69) is 21.8 Å². The van der Waals surface area contributed by atoms with Gasteiger partial charge in [0.2, 0.25) is 0 Å². The monoisotopic (exact) mass is 340 g/mol. The van der Waals surface area contributed by atoms with E-state index in [4.69, 9.17) is 0 Å². The first-order valence-corrected chi connectivity index (χ1v) is 8.68. The lowest BCUT2D eigenvalue weighted by atomic mass is 10.0. The Bertz CT molecular complexity index is 836. The van der Waals surface area contributed by atoms with Crippen LogP contribution in [-0.4, -0.2) is 58.4 Å². The second-order valence-electron chi connectivity index (χ2n) is 6.51. The molecule has 0 spiro atoms. The molecule has 132 valence electrons. The summed E-state index contributed by atoms with van der Waals surface area (Å²) >= 11 is 0. The fraction of sp³-hybridized carbons (Fsp3) is 0.421. The van der Waals surface area contributed by atoms with Crippen molar-refractivity contribution in [1.29, 1.82) is 0 Å². The number of benzene rings is 1. The first kappa shape index (κ1) is 17.4. The van der Waals surface area contributed by atoms with E-state index in [0.717, 1.165) is 30.8 Å². The Balaban J connectivity index is 1.88. The molecule has 0 aliphatic carbocycles. The number of rotatable bonds is 3. The fourth-order valence-corrected chi connectivity index (χ4v) is 3.06. The van der Waals surface area contributed by atoms with Crippen LogP contribution in [0.1, 0.15) is 28.5 Å². The number of piperazine rings is 1. The summed E-state index contributed by atoms with van der Waals surface area (Å²) in [6, 6.07) is 7.60. The van der Waals surface area contributed by atoms with E-state index in [0.29, 0.717) is 24.5 Å². The number of hydrogen-bond donors (Lipinski definition) is 1. The van der Waals surface area contributed by atoms with Crippen molar-refractivity contribution in [3.05, 3.63) is 51.6 Å². The van der Waals surface area contributed by atoms with Crippen molar-refractivity contribution in [1.82, 2.24) is 19.8 Å². The number of likely N-dealkylation sites (N-methyl/N-ethyl adjacent to an activating group) is 1. The normalized spacial score (nSPS) is 15.4. The number of amides is 1. The summed E-state index contributed by atoms with van der Waals surface area (Å²) in [5.41, 5.74) is 3.49. The molecule has 1 aromatic carbocycles. The summed E-state index contributed by atoms with van der Waals surface area (Å²) < 4.78 is 0. The van der Waals surface area contributed by atoms with Crippen molar-refractivity contribution < 1.29 is 4.79 Å². The van der Waals surface area contributed by atoms with E-state index >= 15 is 0 Å². The van der Waals surface area contributed by atoms with Crippen LogP contribution >= 0.6 is 0 Å². The summed E-state index contributed by atoms with van der Waals surface area (Å²) in [6.07, 6.45) is 0. The highest BCUT2D eigenvalue weighted by Crippen LogP contribution is 2.20. The Kier molecular flexibility index (Phi) is 4.99. The van der Waals surface area contributed by atoms with Gasteiger partial charge in [-0.25, -0.2) is 4.79 Å². The minimum absolute atomic E-state index is 0.139. The molecule has 3 rings (SSSR count). The van der Waals surface area contributed by atoms with Crippen LogP contribution in [0.4, 0.5) is 0 Å². The average Bonchev–Trinajstić information content (AvgIpc) is 2.63. The number of aromatic amines is 1. The van der Waals surface area contributed by atoms with Gasteiger partial charge in [-0.05, 0) is 43.7 Å². The van der Waals surface area contributed by atoms with Crippen LogP contribution in [0.25, 0.3) is 11.3 Å². The Morgan fingerprint density at radius 2 is 1.84 bits per heavy atom. The molecule has 1 aliphatic heterocycles. The van der Waals surface area contributed by atoms with Gasteiger partial charge in [0.25, 0.3) is 5.91 Å². The molecule has 1 N–H and O–H groups in total. The van der Waals surface area contributed by atoms with E-state index in [-0.39, 0.29) is 5.91 Å². The SMILES string of the molecule is CCN1CCN(C(=O)c2cc(-c3ccc(C)c(C)c3)nc(=O)[nH]2)CC1. The molecule has 2 aromatic rings. The van der Waals surface area contributed by atoms with E-state index in [1.807, 2.05) is 32.0 Å². The minimum Gasteiger partial charge on any atom is -0.335 e. The van der Waals surface area contributed by atoms with Crippen molar-refractivity contribution in [2.75, 3.05) is 32.7 Å². The van der Waals surface area contributed by atoms with Crippen molar-refractivity contribution in [2.45, 2.75) is 20.8 Å². The fourth-order valence-electron chi connectivity index (χ4n) is 3.06. The molecule has 0 radical (unpaired) electrons. The number of aromatic nitrogens is 2. The Labute approximate surface area is 147 Å². The second kappa shape index (κ2) is 7.19. The second-order valence-corrected chi connectivity index (χ2v) is 6.51. The molecule has 0 atom stereocenters. The molecule has 25 heavy (non-hydrogen) atoms. The summed E-state index contributed by atoms with van der Waals surface area (Å²) in [5.74, 6) is -0.139. The van der Waals surface area contributed by atoms with Gasteiger partial charge in [0.15, 0.2) is 0 Å². The van der Waals surface area contributed by atoms with E-state index < -0.39 is 5.69 Å². The Morgan fingerprint density at radius 3 is 2.48 bits per heavy atom. The molecule has 0 saturated carbocycles. The zero-order valence-electron chi connectivity index (χ0n) is 15.0. The zero-order valence-corrected chi connectivity index (χ0v) is 15.0. The lowest BCUT2D eigenvalue weighted by Crippen LogP contribution is -2.48. The maximum absolute atomic E-state index is 12.8. The van der Waals surface area contributed by atoms with Crippen molar-refractivity contribution in [3.8, 4) is 11.3 Å². The molecule has 1 fully saturated rings. The largest absolute Gasteiger partial charge is 0.346 e. The maximum Gasteiger partial charge on any atom is 0.346 e. The van der Waals surface area contributed by atoms with Gasteiger partial charge < -0.3 is 14.8 Å². The molecule has 1 aromatic heterocycles. The molecule has 6 heteroatoms. The maximum atomic E-state index is 12.8. The molecule has 1 saturated heterocycles. The molecule has 0 unspecified atom stereocenters. The van der Waals surface area contributed by atoms with Gasteiger partial charge in [-0.3, -0.25) is 4.79 Å². The van der Waals surface area contributed by atoms with Crippen molar-refractivity contribution in [2.24, 2.45) is 0 Å². The summed E-state index contributed by atoms with van der Waals surface area (Å²) in [4.78, 5) is 35.5. The van der Waals surface area contributed by atoms with Crippen LogP contribution in [0.5, 0.6) is 0 Å². The summed E-state index contributed by atoms with van der Waals surface area (Å²) in [7, 11) is 0. The van der Waals surface area contributed by atoms with Gasteiger partial charge in [-0.1, -0.05) is 19.1 Å². The summed E-state index contributed by atoms with van der Waals surface area (Å²) in [6.45, 7) is 10.2. The first-order chi connectivity index (χ1) is 12.0. The minimum atomic E-state index is -0.494. The predicted octanol–water partition coefficient (Wildman–Crippen LogP) is 1.83. The number of hydrogen-bond acceptors (Lipinski definition) is 4. The number of aryl methyl sites for hydroxylation is 2. The highest BCUT2D eigenvalue weighted by Gasteiger charge is 2.22. The number of nitrogens with zero attached hydrogens (tertiary/aromatic N) is 3.